The molecule has 168 valence electrons. The molecule has 2 aliphatic heterocycles. The van der Waals surface area contributed by atoms with E-state index in [-0.39, 0.29) is 5.91 Å². The van der Waals surface area contributed by atoms with Gasteiger partial charge in [-0.25, -0.2) is 0 Å². The van der Waals surface area contributed by atoms with Crippen LogP contribution in [-0.2, 0) is 11.3 Å². The second-order valence-electron chi connectivity index (χ2n) is 8.60. The highest BCUT2D eigenvalue weighted by Crippen LogP contribution is 2.36. The second kappa shape index (κ2) is 9.50. The highest BCUT2D eigenvalue weighted by molar-refractivity contribution is 6.28. The average molecular weight is 441 g/mol. The van der Waals surface area contributed by atoms with Crippen LogP contribution in [0.3, 0.4) is 0 Å². The van der Waals surface area contributed by atoms with Crippen LogP contribution in [0.5, 0.6) is 0 Å². The number of amides is 1. The number of fused-ring (bicyclic) bond motifs is 1. The summed E-state index contributed by atoms with van der Waals surface area (Å²) in [5.74, 6) is -0.124. The summed E-state index contributed by atoms with van der Waals surface area (Å²) in [6, 6.07) is 10.2. The number of carbonyl (C=O) groups excluding carboxylic acids is 1. The minimum absolute atomic E-state index is 0.124. The van der Waals surface area contributed by atoms with Crippen molar-refractivity contribution in [3.63, 3.8) is 0 Å². The molecule has 0 spiro atoms. The molecule has 0 unspecified atom stereocenters. The third kappa shape index (κ3) is 4.64. The van der Waals surface area contributed by atoms with Gasteiger partial charge in [0.25, 0.3) is 5.91 Å². The van der Waals surface area contributed by atoms with Crippen LogP contribution < -0.4 is 10.6 Å². The Morgan fingerprint density at radius 2 is 1.94 bits per heavy atom. The number of hydrogen-bond acceptors (Lipinski definition) is 6. The van der Waals surface area contributed by atoms with Crippen molar-refractivity contribution in [3.05, 3.63) is 71.8 Å². The van der Waals surface area contributed by atoms with Crippen LogP contribution in [0.1, 0.15) is 37.3 Å². The van der Waals surface area contributed by atoms with Gasteiger partial charge in [0.15, 0.2) is 0 Å². The van der Waals surface area contributed by atoms with Crippen LogP contribution in [0, 0.1) is 0 Å². The van der Waals surface area contributed by atoms with Crippen molar-refractivity contribution < 1.29 is 4.79 Å². The minimum Gasteiger partial charge on any atom is -0.381 e. The topological polar surface area (TPSA) is 83.0 Å². The third-order valence-electron chi connectivity index (χ3n) is 6.36. The van der Waals surface area contributed by atoms with Gasteiger partial charge in [0.05, 0.1) is 18.1 Å². The Hall–Kier alpha value is -3.58. The van der Waals surface area contributed by atoms with Gasteiger partial charge in [-0.1, -0.05) is 13.0 Å². The van der Waals surface area contributed by atoms with E-state index in [1.54, 1.807) is 18.5 Å². The molecule has 3 aromatic rings. The number of nitrogens with zero attached hydrogens (tertiary/aromatic N) is 4. The molecule has 0 saturated carbocycles. The van der Waals surface area contributed by atoms with E-state index in [0.29, 0.717) is 12.2 Å². The number of anilines is 2. The molecule has 1 saturated heterocycles. The monoisotopic (exact) mass is 440 g/mol. The van der Waals surface area contributed by atoms with Gasteiger partial charge in [0.1, 0.15) is 0 Å². The lowest BCUT2D eigenvalue weighted by Gasteiger charge is -2.25. The zero-order chi connectivity index (χ0) is 22.6. The van der Waals surface area contributed by atoms with Crippen LogP contribution in [0.25, 0.3) is 16.7 Å². The van der Waals surface area contributed by atoms with Crippen molar-refractivity contribution >= 4 is 22.9 Å². The third-order valence-corrected chi connectivity index (χ3v) is 6.36. The number of nitrogens with one attached hydrogen (secondary N) is 2. The van der Waals surface area contributed by atoms with Crippen LogP contribution in [0.15, 0.2) is 60.7 Å². The number of pyridine rings is 1. The first-order valence-electron chi connectivity index (χ1n) is 11.6. The van der Waals surface area contributed by atoms with E-state index >= 15 is 0 Å². The van der Waals surface area contributed by atoms with Crippen molar-refractivity contribution in [3.8, 4) is 11.1 Å². The molecule has 0 atom stereocenters. The lowest BCUT2D eigenvalue weighted by atomic mass is 9.90. The van der Waals surface area contributed by atoms with Gasteiger partial charge in [-0.2, -0.15) is 10.2 Å². The fraction of sp³-hybridized carbons (Fsp3) is 0.308. The van der Waals surface area contributed by atoms with E-state index in [9.17, 15) is 4.79 Å². The predicted molar refractivity (Wildman–Crippen MR) is 131 cm³/mol. The van der Waals surface area contributed by atoms with Gasteiger partial charge < -0.3 is 10.6 Å². The molecule has 2 aliphatic rings. The van der Waals surface area contributed by atoms with E-state index in [1.165, 1.54) is 18.4 Å². The number of likely N-dealkylation sites (tertiary alicyclic amines) is 1. The summed E-state index contributed by atoms with van der Waals surface area (Å²) in [4.78, 5) is 20.3. The quantitative estimate of drug-likeness (QED) is 0.593. The SMILES string of the molecule is CCC1=C(C(=O)Nc2ccnnc2)c2cc(-c3cncc(CN4CCCC4)c3)ccc2NC1. The fourth-order valence-corrected chi connectivity index (χ4v) is 4.64. The number of rotatable bonds is 6. The molecule has 4 heterocycles. The van der Waals surface area contributed by atoms with Gasteiger partial charge in [0, 0.05) is 47.9 Å². The minimum atomic E-state index is -0.124. The first kappa shape index (κ1) is 21.3. The Kier molecular flexibility index (Phi) is 6.13. The fourth-order valence-electron chi connectivity index (χ4n) is 4.64. The zero-order valence-electron chi connectivity index (χ0n) is 18.8. The van der Waals surface area contributed by atoms with E-state index in [0.717, 1.165) is 59.6 Å². The maximum Gasteiger partial charge on any atom is 0.256 e. The number of benzene rings is 1. The summed E-state index contributed by atoms with van der Waals surface area (Å²) in [5, 5.41) is 14.1. The molecule has 0 radical (unpaired) electrons. The molecule has 2 N–H and O–H groups in total. The molecule has 7 nitrogen and oxygen atoms in total. The Labute approximate surface area is 194 Å². The first-order chi connectivity index (χ1) is 16.2. The smallest absolute Gasteiger partial charge is 0.256 e. The largest absolute Gasteiger partial charge is 0.381 e. The molecular formula is C26H28N6O. The molecule has 1 fully saturated rings. The average Bonchev–Trinajstić information content (AvgIpc) is 3.36. The highest BCUT2D eigenvalue weighted by Gasteiger charge is 2.24. The maximum atomic E-state index is 13.3. The molecule has 33 heavy (non-hydrogen) atoms. The molecule has 0 bridgehead atoms. The van der Waals surface area contributed by atoms with Crippen LogP contribution >= 0.6 is 0 Å². The second-order valence-corrected chi connectivity index (χ2v) is 8.60. The molecule has 1 aromatic carbocycles. The van der Waals surface area contributed by atoms with E-state index in [4.69, 9.17) is 0 Å². The van der Waals surface area contributed by atoms with Gasteiger partial charge in [0.2, 0.25) is 0 Å². The van der Waals surface area contributed by atoms with Crippen molar-refractivity contribution in [2.24, 2.45) is 0 Å². The predicted octanol–water partition coefficient (Wildman–Crippen LogP) is 4.36. The van der Waals surface area contributed by atoms with Crippen LogP contribution in [0.2, 0.25) is 0 Å². The Morgan fingerprint density at radius 1 is 1.06 bits per heavy atom. The highest BCUT2D eigenvalue weighted by atomic mass is 16.1. The summed E-state index contributed by atoms with van der Waals surface area (Å²) >= 11 is 0. The molecule has 0 aliphatic carbocycles. The van der Waals surface area contributed by atoms with E-state index in [2.05, 4.69) is 61.9 Å². The molecule has 2 aromatic heterocycles. The van der Waals surface area contributed by atoms with Crippen molar-refractivity contribution in [1.29, 1.82) is 0 Å². The van der Waals surface area contributed by atoms with Crippen molar-refractivity contribution in [2.45, 2.75) is 32.7 Å². The number of aromatic nitrogens is 3. The summed E-state index contributed by atoms with van der Waals surface area (Å²) in [6.45, 7) is 5.99. The molecule has 7 heteroatoms. The van der Waals surface area contributed by atoms with Crippen LogP contribution in [-0.4, -0.2) is 45.6 Å². The Morgan fingerprint density at radius 3 is 2.73 bits per heavy atom. The zero-order valence-corrected chi connectivity index (χ0v) is 18.8. The lowest BCUT2D eigenvalue weighted by Crippen LogP contribution is -2.22. The Bertz CT molecular complexity index is 1180. The van der Waals surface area contributed by atoms with E-state index < -0.39 is 0 Å². The number of hydrogen-bond donors (Lipinski definition) is 2. The summed E-state index contributed by atoms with van der Waals surface area (Å²) in [5.41, 5.74) is 7.67. The van der Waals surface area contributed by atoms with Gasteiger partial charge in [-0.05, 0) is 73.3 Å². The maximum absolute atomic E-state index is 13.3. The molecule has 5 rings (SSSR count). The Balaban J connectivity index is 1.47. The van der Waals surface area contributed by atoms with Gasteiger partial charge >= 0.3 is 0 Å². The first-order valence-corrected chi connectivity index (χ1v) is 11.6. The molecule has 1 amide bonds. The van der Waals surface area contributed by atoms with Crippen molar-refractivity contribution in [2.75, 3.05) is 30.3 Å². The summed E-state index contributed by atoms with van der Waals surface area (Å²) in [7, 11) is 0. The normalized spacial score (nSPS) is 15.8. The number of carbonyl (C=O) groups is 1. The van der Waals surface area contributed by atoms with Gasteiger partial charge in [-0.15, -0.1) is 0 Å². The van der Waals surface area contributed by atoms with Crippen molar-refractivity contribution in [1.82, 2.24) is 20.1 Å². The summed E-state index contributed by atoms with van der Waals surface area (Å²) < 4.78 is 0. The van der Waals surface area contributed by atoms with E-state index in [1.807, 2.05) is 12.4 Å². The molecular weight excluding hydrogens is 412 g/mol. The standard InChI is InChI=1S/C26H28N6O/c1-2-19-15-28-24-6-5-20(21-11-18(13-27-14-21)17-32-9-3-4-10-32)12-23(24)25(19)26(33)31-22-7-8-29-30-16-22/h5-8,11-14,16,28H,2-4,9-10,15,17H2,1H3,(H,29,31,33). The lowest BCUT2D eigenvalue weighted by molar-refractivity contribution is -0.111. The summed E-state index contributed by atoms with van der Waals surface area (Å²) in [6.07, 6.45) is 10.3. The van der Waals surface area contributed by atoms with Gasteiger partial charge in [-0.3, -0.25) is 14.7 Å². The van der Waals surface area contributed by atoms with Crippen LogP contribution in [0.4, 0.5) is 11.4 Å².